The number of hydrogen-bond donors (Lipinski definition) is 9. The molecule has 0 radical (unpaired) electrons. The van der Waals surface area contributed by atoms with Crippen LogP contribution in [-0.4, -0.2) is 81.3 Å². The van der Waals surface area contributed by atoms with E-state index in [0.29, 0.717) is 43.0 Å². The minimum Gasteiger partial charge on any atom is -0.370 e. The summed E-state index contributed by atoms with van der Waals surface area (Å²) < 4.78 is 1.61. The summed E-state index contributed by atoms with van der Waals surface area (Å²) in [5.41, 5.74) is 11.7. The van der Waals surface area contributed by atoms with E-state index in [4.69, 9.17) is 0 Å². The van der Waals surface area contributed by atoms with E-state index < -0.39 is 0 Å². The predicted octanol–water partition coefficient (Wildman–Crippen LogP) is 11.1. The lowest BCUT2D eigenvalue weighted by Gasteiger charge is -2.11. The van der Waals surface area contributed by atoms with Crippen LogP contribution in [0, 0.1) is 6.92 Å². The molecule has 9 N–H and O–H groups in total. The van der Waals surface area contributed by atoms with Crippen molar-refractivity contribution in [2.45, 2.75) is 39.0 Å². The number of aromatic nitrogens is 10. The first-order chi connectivity index (χ1) is 39.1. The van der Waals surface area contributed by atoms with Crippen LogP contribution < -0.4 is 42.5 Å². The summed E-state index contributed by atoms with van der Waals surface area (Å²) in [7, 11) is 0. The minimum absolute atomic E-state index is 0.0152. The van der Waals surface area contributed by atoms with Gasteiger partial charge in [0, 0.05) is 138 Å². The molecular weight excluding hydrogens is 1140 g/mol. The number of carbonyl (C=O) groups is 2. The smallest absolute Gasteiger partial charge is 0.229 e. The summed E-state index contributed by atoms with van der Waals surface area (Å²) in [6, 6.07) is 39.2. The highest BCUT2D eigenvalue weighted by atomic mass is 79.9. The second-order valence-electron chi connectivity index (χ2n) is 18.4. The number of carbonyl (C=O) groups excluding carboxylic acids is 2. The Hall–Kier alpha value is -9.41. The molecule has 2 aliphatic heterocycles. The molecule has 12 rings (SSSR count). The number of anilines is 11. The predicted molar refractivity (Wildman–Crippen MR) is 321 cm³/mol. The summed E-state index contributed by atoms with van der Waals surface area (Å²) in [5, 5.41) is 26.4. The van der Waals surface area contributed by atoms with Crippen LogP contribution in [0.3, 0.4) is 0 Å². The van der Waals surface area contributed by atoms with Gasteiger partial charge in [0.05, 0.1) is 21.8 Å². The molecule has 0 bridgehead atoms. The Labute approximate surface area is 477 Å². The number of pyridine rings is 3. The van der Waals surface area contributed by atoms with Crippen molar-refractivity contribution in [2.24, 2.45) is 0 Å². The third kappa shape index (κ3) is 15.2. The summed E-state index contributed by atoms with van der Waals surface area (Å²) in [6.07, 6.45) is 13.8. The van der Waals surface area contributed by atoms with E-state index in [1.54, 1.807) is 37.2 Å². The molecule has 80 heavy (non-hydrogen) atoms. The monoisotopic (exact) mass is 1190 g/mol. The van der Waals surface area contributed by atoms with Crippen molar-refractivity contribution in [3.8, 4) is 0 Å². The van der Waals surface area contributed by atoms with Gasteiger partial charge >= 0.3 is 0 Å². The summed E-state index contributed by atoms with van der Waals surface area (Å²) in [6.45, 7) is 4.23. The minimum atomic E-state index is 0.0152. The van der Waals surface area contributed by atoms with E-state index >= 15 is 0 Å². The molecule has 0 spiro atoms. The molecule has 0 aliphatic carbocycles. The van der Waals surface area contributed by atoms with Gasteiger partial charge in [-0.15, -0.1) is 0 Å². The average molecular weight is 1200 g/mol. The highest BCUT2D eigenvalue weighted by Gasteiger charge is 2.19. The van der Waals surface area contributed by atoms with Crippen molar-refractivity contribution < 1.29 is 9.59 Å². The summed E-state index contributed by atoms with van der Waals surface area (Å²) in [4.78, 5) is 65.7. The summed E-state index contributed by atoms with van der Waals surface area (Å²) in [5.74, 6) is 3.78. The number of nitrogens with one attached hydrogen (secondary N) is 9. The Balaban J connectivity index is 0.000000135. The maximum atomic E-state index is 11.5. The lowest BCUT2D eigenvalue weighted by molar-refractivity contribution is -0.115. The molecule has 9 heterocycles. The Morgan fingerprint density at radius 1 is 0.487 bits per heavy atom. The van der Waals surface area contributed by atoms with Crippen molar-refractivity contribution in [1.82, 2.24) is 49.8 Å². The van der Waals surface area contributed by atoms with Gasteiger partial charge in [-0.3, -0.25) is 24.5 Å². The SMILES string of the molecule is Cc1cc2cc(Nc3ncc(Br)c(NCCc4ccccn4)n3)ccc2[nH]1.O=C1Cc2cc(Nc3ncc(Br)c(NCCc4ccccn4)n3)ccc2N1.O=C1Cc2cc(Nc3nccc(NCCc4ccccn4)n3)ccc2N1. The molecule has 0 saturated heterocycles. The van der Waals surface area contributed by atoms with Crippen LogP contribution in [0.25, 0.3) is 10.9 Å². The molecule has 2 aliphatic rings. The largest absolute Gasteiger partial charge is 0.370 e. The molecule has 0 saturated carbocycles. The molecule has 22 heteroatoms. The fourth-order valence-electron chi connectivity index (χ4n) is 8.55. The van der Waals surface area contributed by atoms with Crippen molar-refractivity contribution in [3.05, 3.63) is 201 Å². The Bertz CT molecular complexity index is 3740. The van der Waals surface area contributed by atoms with Gasteiger partial charge in [0.25, 0.3) is 0 Å². The van der Waals surface area contributed by atoms with Gasteiger partial charge in [-0.1, -0.05) is 18.2 Å². The Morgan fingerprint density at radius 3 is 1.46 bits per heavy atom. The number of hydrogen-bond acceptors (Lipinski definition) is 17. The third-order valence-corrected chi connectivity index (χ3v) is 13.5. The number of nitrogens with zero attached hydrogens (tertiary/aromatic N) is 9. The fourth-order valence-corrected chi connectivity index (χ4v) is 9.21. The number of benzene rings is 3. The molecule has 0 atom stereocenters. The topological polar surface area (TPSA) is 262 Å². The van der Waals surface area contributed by atoms with Crippen LogP contribution in [0.4, 0.5) is 63.7 Å². The van der Waals surface area contributed by atoms with Crippen molar-refractivity contribution in [3.63, 3.8) is 0 Å². The number of halogens is 2. The van der Waals surface area contributed by atoms with Crippen LogP contribution in [0.2, 0.25) is 0 Å². The second kappa shape index (κ2) is 26.3. The van der Waals surface area contributed by atoms with E-state index in [9.17, 15) is 9.59 Å². The van der Waals surface area contributed by atoms with Gasteiger partial charge in [-0.2, -0.15) is 15.0 Å². The first-order valence-electron chi connectivity index (χ1n) is 25.7. The molecule has 20 nitrogen and oxygen atoms in total. The van der Waals surface area contributed by atoms with Crippen LogP contribution in [0.5, 0.6) is 0 Å². The molecule has 3 aromatic carbocycles. The highest BCUT2D eigenvalue weighted by molar-refractivity contribution is 9.11. The number of aryl methyl sites for hydroxylation is 1. The highest BCUT2D eigenvalue weighted by Crippen LogP contribution is 2.30. The van der Waals surface area contributed by atoms with E-state index in [-0.39, 0.29) is 11.8 Å². The number of amides is 2. The second-order valence-corrected chi connectivity index (χ2v) is 20.1. The van der Waals surface area contributed by atoms with E-state index in [1.165, 1.54) is 0 Å². The molecule has 0 unspecified atom stereocenters. The van der Waals surface area contributed by atoms with Gasteiger partial charge < -0.3 is 47.5 Å². The van der Waals surface area contributed by atoms with Gasteiger partial charge in [0.15, 0.2) is 0 Å². The third-order valence-electron chi connectivity index (χ3n) is 12.3. The number of H-pyrrole nitrogens is 1. The van der Waals surface area contributed by atoms with E-state index in [1.807, 2.05) is 110 Å². The van der Waals surface area contributed by atoms with Crippen LogP contribution >= 0.6 is 31.9 Å². The number of rotatable bonds is 18. The van der Waals surface area contributed by atoms with Gasteiger partial charge in [-0.25, -0.2) is 15.0 Å². The first-order valence-corrected chi connectivity index (χ1v) is 27.2. The zero-order valence-electron chi connectivity index (χ0n) is 43.3. The quantitative estimate of drug-likeness (QED) is 0.0387. The number of aromatic amines is 1. The molecule has 7 aromatic heterocycles. The maximum absolute atomic E-state index is 11.5. The van der Waals surface area contributed by atoms with E-state index in [2.05, 4.69) is 142 Å². The number of fused-ring (bicyclic) bond motifs is 3. The lowest BCUT2D eigenvalue weighted by atomic mass is 10.1. The van der Waals surface area contributed by atoms with Gasteiger partial charge in [-0.05, 0) is 153 Å². The maximum Gasteiger partial charge on any atom is 0.229 e. The summed E-state index contributed by atoms with van der Waals surface area (Å²) >= 11 is 6.98. The molecular formula is C58H54Br2N18O2. The van der Waals surface area contributed by atoms with Gasteiger partial charge in [0.1, 0.15) is 17.5 Å². The molecule has 2 amide bonds. The standard InChI is InChI=1S/C20H19BrN6.C19H17BrN6O.C19H18N6O/c1-13-10-14-11-16(5-6-18(14)25-13)26-20-24-12-17(21)19(27-20)23-9-7-15-4-2-3-8-22-15;20-15-11-23-19(24-14-4-5-16-12(9-14)10-17(27)25-16)26-18(15)22-8-6-13-3-1-2-7-21-13;26-18-12-13-11-15(4-5-16(13)24-18)23-19-22-10-7-17(25-19)21-9-6-14-3-1-2-8-20-14/h2-6,8,10-12,25H,7,9H2,1H3,(H2,23,24,26,27);1-5,7,9,11H,6,8,10H2,(H,25,27)(H2,22,23,24,26);1-5,7-8,10-11H,6,9,12H2,(H,24,26)(H2,21,22,23,25). The zero-order valence-corrected chi connectivity index (χ0v) is 46.4. The first kappa shape index (κ1) is 54.0. The normalized spacial score (nSPS) is 11.9. The van der Waals surface area contributed by atoms with Crippen LogP contribution in [0.15, 0.2) is 167 Å². The Morgan fingerprint density at radius 2 is 0.963 bits per heavy atom. The van der Waals surface area contributed by atoms with Gasteiger partial charge in [0.2, 0.25) is 29.7 Å². The zero-order chi connectivity index (χ0) is 55.0. The average Bonchev–Trinajstić information content (AvgIpc) is 4.17. The molecule has 10 aromatic rings. The van der Waals surface area contributed by atoms with E-state index in [0.717, 1.165) is 126 Å². The van der Waals surface area contributed by atoms with Crippen molar-refractivity contribution in [1.29, 1.82) is 0 Å². The van der Waals surface area contributed by atoms with Crippen molar-refractivity contribution >= 4 is 118 Å². The van der Waals surface area contributed by atoms with Crippen LogP contribution in [0.1, 0.15) is 33.9 Å². The van der Waals surface area contributed by atoms with Crippen LogP contribution in [-0.2, 0) is 41.7 Å². The lowest BCUT2D eigenvalue weighted by Crippen LogP contribution is -2.09. The molecule has 402 valence electrons. The fraction of sp³-hybridized carbons (Fsp3) is 0.155. The van der Waals surface area contributed by atoms with Crippen molar-refractivity contribution in [2.75, 3.05) is 62.2 Å². The Kier molecular flexibility index (Phi) is 17.7. The molecule has 0 fully saturated rings.